The van der Waals surface area contributed by atoms with Crippen LogP contribution < -0.4 is 15.8 Å². The van der Waals surface area contributed by atoms with Gasteiger partial charge in [0.25, 0.3) is 0 Å². The van der Waals surface area contributed by atoms with E-state index in [1.165, 1.54) is 25.0 Å². The van der Waals surface area contributed by atoms with Gasteiger partial charge in [0, 0.05) is 6.04 Å². The van der Waals surface area contributed by atoms with E-state index in [9.17, 15) is 13.2 Å². The first kappa shape index (κ1) is 15.8. The second-order valence-electron chi connectivity index (χ2n) is 5.58. The van der Waals surface area contributed by atoms with Crippen molar-refractivity contribution in [3.63, 3.8) is 0 Å². The first-order valence-corrected chi connectivity index (χ1v) is 8.52. The van der Waals surface area contributed by atoms with Crippen LogP contribution in [0.15, 0.2) is 29.2 Å². The van der Waals surface area contributed by atoms with Crippen LogP contribution in [0.5, 0.6) is 0 Å². The van der Waals surface area contributed by atoms with Crippen LogP contribution in [0.2, 0.25) is 0 Å². The van der Waals surface area contributed by atoms with Gasteiger partial charge in [0.15, 0.2) is 0 Å². The first-order chi connectivity index (χ1) is 9.77. The number of carbonyl (C=O) groups is 1. The third-order valence-corrected chi connectivity index (χ3v) is 4.67. The second-order valence-corrected chi connectivity index (χ2v) is 7.14. The van der Waals surface area contributed by atoms with Gasteiger partial charge in [0.2, 0.25) is 10.0 Å². The molecule has 1 aliphatic carbocycles. The number of hydrogen-bond donors (Lipinski definition) is 3. The predicted octanol–water partition coefficient (Wildman–Crippen LogP) is 1.49. The molecular weight excluding hydrogens is 290 g/mol. The molecule has 4 N–H and O–H groups in total. The van der Waals surface area contributed by atoms with Gasteiger partial charge in [0.05, 0.1) is 10.9 Å². The summed E-state index contributed by atoms with van der Waals surface area (Å²) in [5, 5.41) is 10.8. The maximum atomic E-state index is 11.9. The molecule has 0 heterocycles. The SMILES string of the molecule is C[C@@H](NC(=O)N[C@H](C)C1CC1)c1ccc(S(N)(=O)=O)cc1. The van der Waals surface area contributed by atoms with Crippen LogP contribution in [-0.2, 0) is 10.0 Å². The molecule has 1 aromatic rings. The molecule has 2 atom stereocenters. The molecule has 2 amide bonds. The highest BCUT2D eigenvalue weighted by Crippen LogP contribution is 2.32. The molecule has 0 aromatic heterocycles. The fraction of sp³-hybridized carbons (Fsp3) is 0.500. The van der Waals surface area contributed by atoms with E-state index in [1.807, 2.05) is 13.8 Å². The lowest BCUT2D eigenvalue weighted by Crippen LogP contribution is -2.42. The van der Waals surface area contributed by atoms with Crippen molar-refractivity contribution in [3.8, 4) is 0 Å². The van der Waals surface area contributed by atoms with E-state index in [4.69, 9.17) is 5.14 Å². The van der Waals surface area contributed by atoms with Gasteiger partial charge in [-0.15, -0.1) is 0 Å². The topological polar surface area (TPSA) is 101 Å². The van der Waals surface area contributed by atoms with E-state index in [0.29, 0.717) is 5.92 Å². The van der Waals surface area contributed by atoms with Crippen molar-refractivity contribution >= 4 is 16.1 Å². The average molecular weight is 311 g/mol. The number of urea groups is 1. The highest BCUT2D eigenvalue weighted by Gasteiger charge is 2.29. The zero-order valence-corrected chi connectivity index (χ0v) is 13.0. The Morgan fingerprint density at radius 3 is 2.24 bits per heavy atom. The summed E-state index contributed by atoms with van der Waals surface area (Å²) in [6, 6.07) is 5.93. The van der Waals surface area contributed by atoms with Crippen molar-refractivity contribution < 1.29 is 13.2 Å². The maximum Gasteiger partial charge on any atom is 0.315 e. The number of sulfonamides is 1. The van der Waals surface area contributed by atoms with E-state index in [0.717, 1.165) is 5.56 Å². The van der Waals surface area contributed by atoms with Crippen LogP contribution in [-0.4, -0.2) is 20.5 Å². The molecule has 0 bridgehead atoms. The molecule has 21 heavy (non-hydrogen) atoms. The Morgan fingerprint density at radius 1 is 1.19 bits per heavy atom. The lowest BCUT2D eigenvalue weighted by atomic mass is 10.1. The van der Waals surface area contributed by atoms with Crippen molar-refractivity contribution in [1.29, 1.82) is 0 Å². The van der Waals surface area contributed by atoms with Crippen LogP contribution in [0.4, 0.5) is 4.79 Å². The normalized spacial score (nSPS) is 17.9. The summed E-state index contributed by atoms with van der Waals surface area (Å²) in [6.45, 7) is 3.84. The summed E-state index contributed by atoms with van der Waals surface area (Å²) in [5.74, 6) is 0.597. The molecule has 0 aliphatic heterocycles. The standard InChI is InChI=1S/C14H21N3O3S/c1-9(11-3-4-11)16-14(18)17-10(2)12-5-7-13(8-6-12)21(15,19)20/h5-11H,3-4H2,1-2H3,(H2,15,19,20)(H2,16,17,18)/t9-,10-/m1/s1. The monoisotopic (exact) mass is 311 g/mol. The molecule has 1 aromatic carbocycles. The molecule has 116 valence electrons. The minimum atomic E-state index is -3.69. The predicted molar refractivity (Wildman–Crippen MR) is 80.1 cm³/mol. The number of nitrogens with two attached hydrogens (primary N) is 1. The summed E-state index contributed by atoms with van der Waals surface area (Å²) in [7, 11) is -3.69. The number of primary sulfonamides is 1. The Hall–Kier alpha value is -1.60. The van der Waals surface area contributed by atoms with Gasteiger partial charge < -0.3 is 10.6 Å². The summed E-state index contributed by atoms with van der Waals surface area (Å²) in [6.07, 6.45) is 2.35. The molecule has 2 rings (SSSR count). The van der Waals surface area contributed by atoms with Crippen LogP contribution in [0.3, 0.4) is 0 Å². The highest BCUT2D eigenvalue weighted by molar-refractivity contribution is 7.89. The van der Waals surface area contributed by atoms with Gasteiger partial charge in [-0.05, 0) is 50.3 Å². The van der Waals surface area contributed by atoms with Crippen LogP contribution in [0, 0.1) is 5.92 Å². The maximum absolute atomic E-state index is 11.9. The summed E-state index contributed by atoms with van der Waals surface area (Å²) in [4.78, 5) is 11.9. The van der Waals surface area contributed by atoms with Gasteiger partial charge in [-0.25, -0.2) is 18.4 Å². The molecule has 1 aliphatic rings. The van der Waals surface area contributed by atoms with Gasteiger partial charge in [0.1, 0.15) is 0 Å². The van der Waals surface area contributed by atoms with Crippen LogP contribution >= 0.6 is 0 Å². The van der Waals surface area contributed by atoms with Gasteiger partial charge in [-0.1, -0.05) is 12.1 Å². The van der Waals surface area contributed by atoms with Gasteiger partial charge in [-0.2, -0.15) is 0 Å². The molecule has 0 unspecified atom stereocenters. The number of benzene rings is 1. The zero-order chi connectivity index (χ0) is 15.6. The fourth-order valence-electron chi connectivity index (χ4n) is 2.19. The van der Waals surface area contributed by atoms with E-state index < -0.39 is 10.0 Å². The number of hydrogen-bond acceptors (Lipinski definition) is 3. The van der Waals surface area contributed by atoms with Crippen molar-refractivity contribution in [2.75, 3.05) is 0 Å². The molecular formula is C14H21N3O3S. The number of amides is 2. The summed E-state index contributed by atoms with van der Waals surface area (Å²) < 4.78 is 22.4. The molecule has 7 heteroatoms. The molecule has 6 nitrogen and oxygen atoms in total. The van der Waals surface area contributed by atoms with Gasteiger partial charge in [-0.3, -0.25) is 0 Å². The quantitative estimate of drug-likeness (QED) is 0.768. The second kappa shape index (κ2) is 6.03. The number of carbonyl (C=O) groups excluding carboxylic acids is 1. The van der Waals surface area contributed by atoms with Crippen molar-refractivity contribution in [2.24, 2.45) is 11.1 Å². The largest absolute Gasteiger partial charge is 0.335 e. The van der Waals surface area contributed by atoms with E-state index in [1.54, 1.807) is 12.1 Å². The van der Waals surface area contributed by atoms with Crippen molar-refractivity contribution in [3.05, 3.63) is 29.8 Å². The molecule has 0 radical (unpaired) electrons. The highest BCUT2D eigenvalue weighted by atomic mass is 32.2. The number of rotatable bonds is 5. The van der Waals surface area contributed by atoms with Crippen LogP contribution in [0.25, 0.3) is 0 Å². The average Bonchev–Trinajstić information content (AvgIpc) is 3.21. The molecule has 1 fully saturated rings. The third-order valence-electron chi connectivity index (χ3n) is 3.74. The molecule has 1 saturated carbocycles. The minimum absolute atomic E-state index is 0.0604. The van der Waals surface area contributed by atoms with Gasteiger partial charge >= 0.3 is 6.03 Å². The first-order valence-electron chi connectivity index (χ1n) is 6.97. The Kier molecular flexibility index (Phi) is 4.53. The summed E-state index contributed by atoms with van der Waals surface area (Å²) >= 11 is 0. The lowest BCUT2D eigenvalue weighted by molar-refractivity contribution is 0.233. The summed E-state index contributed by atoms with van der Waals surface area (Å²) in [5.41, 5.74) is 0.816. The molecule has 0 saturated heterocycles. The van der Waals surface area contributed by atoms with E-state index in [-0.39, 0.29) is 23.0 Å². The lowest BCUT2D eigenvalue weighted by Gasteiger charge is -2.18. The Labute approximate surface area is 125 Å². The fourth-order valence-corrected chi connectivity index (χ4v) is 2.70. The Morgan fingerprint density at radius 2 is 1.76 bits per heavy atom. The van der Waals surface area contributed by atoms with E-state index >= 15 is 0 Å². The zero-order valence-electron chi connectivity index (χ0n) is 12.2. The van der Waals surface area contributed by atoms with Crippen molar-refractivity contribution in [1.82, 2.24) is 10.6 Å². The Bertz CT molecular complexity index is 609. The third kappa shape index (κ3) is 4.44. The smallest absolute Gasteiger partial charge is 0.315 e. The van der Waals surface area contributed by atoms with Crippen molar-refractivity contribution in [2.45, 2.75) is 43.7 Å². The Balaban J connectivity index is 1.93. The van der Waals surface area contributed by atoms with Crippen LogP contribution in [0.1, 0.15) is 38.3 Å². The molecule has 0 spiro atoms. The van der Waals surface area contributed by atoms with E-state index in [2.05, 4.69) is 10.6 Å². The number of nitrogens with one attached hydrogen (secondary N) is 2. The minimum Gasteiger partial charge on any atom is -0.335 e.